The molecule has 0 amide bonds. The Balaban J connectivity index is 1.94. The van der Waals surface area contributed by atoms with Crippen molar-refractivity contribution in [1.29, 1.82) is 0 Å². The molecule has 3 rings (SSSR count). The molecule has 3 heterocycles. The highest BCUT2D eigenvalue weighted by Gasteiger charge is 2.25. The lowest BCUT2D eigenvalue weighted by Gasteiger charge is -2.12. The number of thioether (sulfide) groups is 1. The summed E-state index contributed by atoms with van der Waals surface area (Å²) in [6, 6.07) is 1.80. The van der Waals surface area contributed by atoms with Gasteiger partial charge in [0.25, 0.3) is 5.56 Å². The molecular weight excluding hydrogens is 370 g/mol. The summed E-state index contributed by atoms with van der Waals surface area (Å²) < 4.78 is 2.08. The van der Waals surface area contributed by atoms with Gasteiger partial charge in [-0.25, -0.2) is 4.98 Å². The Morgan fingerprint density at radius 3 is 2.65 bits per heavy atom. The van der Waals surface area contributed by atoms with Crippen molar-refractivity contribution in [3.05, 3.63) is 44.3 Å². The van der Waals surface area contributed by atoms with Crippen LogP contribution in [-0.4, -0.2) is 31.4 Å². The Hall–Kier alpha value is -2.19. The molecule has 0 bridgehead atoms. The second-order valence-corrected chi connectivity index (χ2v) is 8.42. The maximum Gasteiger partial charge on any atom is 0.271 e. The fourth-order valence-corrected chi connectivity index (χ4v) is 4.75. The van der Waals surface area contributed by atoms with Crippen molar-refractivity contribution in [3.63, 3.8) is 0 Å². The second-order valence-electron chi connectivity index (χ2n) is 6.20. The van der Waals surface area contributed by atoms with Gasteiger partial charge < -0.3 is 4.98 Å². The number of thiophene rings is 1. The number of rotatable bonds is 5. The number of carbonyl (C=O) groups excluding carboxylic acids is 2. The van der Waals surface area contributed by atoms with Crippen molar-refractivity contribution < 1.29 is 9.59 Å². The van der Waals surface area contributed by atoms with Gasteiger partial charge in [-0.15, -0.1) is 11.3 Å². The van der Waals surface area contributed by atoms with E-state index in [0.717, 1.165) is 0 Å². The van der Waals surface area contributed by atoms with Crippen LogP contribution in [-0.2, 0) is 7.05 Å². The molecule has 3 aromatic rings. The van der Waals surface area contributed by atoms with Gasteiger partial charge in [-0.2, -0.15) is 0 Å². The first-order chi connectivity index (χ1) is 12.2. The minimum Gasteiger partial charge on any atom is -0.355 e. The van der Waals surface area contributed by atoms with E-state index >= 15 is 0 Å². The molecule has 1 unspecified atom stereocenters. The van der Waals surface area contributed by atoms with Gasteiger partial charge in [-0.05, 0) is 44.7 Å². The molecule has 0 aromatic carbocycles. The molecule has 136 valence electrons. The molecule has 0 spiro atoms. The number of nitrogens with zero attached hydrogens (tertiary/aromatic N) is 2. The Morgan fingerprint density at radius 1 is 1.35 bits per heavy atom. The Morgan fingerprint density at radius 2 is 2.04 bits per heavy atom. The molecule has 0 radical (unpaired) electrons. The molecule has 0 saturated heterocycles. The number of hydrogen-bond acceptors (Lipinski definition) is 6. The zero-order valence-electron chi connectivity index (χ0n) is 15.2. The van der Waals surface area contributed by atoms with Crippen LogP contribution in [0.25, 0.3) is 10.2 Å². The average Bonchev–Trinajstić information content (AvgIpc) is 3.15. The Kier molecular flexibility index (Phi) is 4.90. The molecule has 8 heteroatoms. The van der Waals surface area contributed by atoms with Crippen LogP contribution in [0.5, 0.6) is 0 Å². The number of hydrogen-bond donors (Lipinski definition) is 1. The fourth-order valence-electron chi connectivity index (χ4n) is 3.01. The number of aryl methyl sites for hydroxylation is 1. The number of fused-ring (bicyclic) bond motifs is 1. The van der Waals surface area contributed by atoms with Crippen LogP contribution in [0.1, 0.15) is 46.0 Å². The summed E-state index contributed by atoms with van der Waals surface area (Å²) in [6.45, 7) is 6.83. The first-order valence-corrected chi connectivity index (χ1v) is 9.83. The lowest BCUT2D eigenvalue weighted by Crippen LogP contribution is -2.22. The summed E-state index contributed by atoms with van der Waals surface area (Å²) in [5, 5.41) is 1.87. The SMILES string of the molecule is CC(=O)c1c(C)[nH]c(C(=O)C(C)Sc2nc3ccsc3c(=O)n2C)c1C. The molecule has 3 aromatic heterocycles. The molecule has 0 aliphatic carbocycles. The summed E-state index contributed by atoms with van der Waals surface area (Å²) in [5.74, 6) is -0.189. The van der Waals surface area contributed by atoms with E-state index in [9.17, 15) is 14.4 Å². The molecule has 26 heavy (non-hydrogen) atoms. The maximum atomic E-state index is 12.9. The van der Waals surface area contributed by atoms with Crippen LogP contribution in [0.4, 0.5) is 0 Å². The van der Waals surface area contributed by atoms with Gasteiger partial charge in [0.05, 0.1) is 16.5 Å². The topological polar surface area (TPSA) is 84.8 Å². The lowest BCUT2D eigenvalue weighted by atomic mass is 10.0. The molecular formula is C18H19N3O3S2. The zero-order valence-corrected chi connectivity index (χ0v) is 16.8. The standard InChI is InChI=1S/C18H19N3O3S2/c1-8-13(10(3)22)9(2)19-14(8)15(23)11(4)26-18-20-12-6-7-25-16(12)17(24)21(18)5/h6-7,11,19H,1-5H3. The molecule has 6 nitrogen and oxygen atoms in total. The summed E-state index contributed by atoms with van der Waals surface area (Å²) in [4.78, 5) is 44.6. The number of aromatic amines is 1. The quantitative estimate of drug-likeness (QED) is 0.410. The summed E-state index contributed by atoms with van der Waals surface area (Å²) in [7, 11) is 1.66. The van der Waals surface area contributed by atoms with E-state index < -0.39 is 5.25 Å². The zero-order chi connectivity index (χ0) is 19.2. The highest BCUT2D eigenvalue weighted by atomic mass is 32.2. The Labute approximate surface area is 158 Å². The van der Waals surface area contributed by atoms with Gasteiger partial charge in [0.2, 0.25) is 0 Å². The van der Waals surface area contributed by atoms with E-state index in [1.165, 1.54) is 34.6 Å². The number of Topliss-reactive ketones (excluding diaryl/α,β-unsaturated/α-hetero) is 2. The van der Waals surface area contributed by atoms with E-state index in [2.05, 4.69) is 9.97 Å². The van der Waals surface area contributed by atoms with E-state index in [0.29, 0.717) is 37.9 Å². The third-order valence-electron chi connectivity index (χ3n) is 4.33. The number of aromatic nitrogens is 3. The molecule has 1 N–H and O–H groups in total. The van der Waals surface area contributed by atoms with Gasteiger partial charge >= 0.3 is 0 Å². The van der Waals surface area contributed by atoms with Gasteiger partial charge in [0.1, 0.15) is 4.70 Å². The number of H-pyrrole nitrogens is 1. The molecule has 0 fully saturated rings. The molecule has 0 aliphatic rings. The normalized spacial score (nSPS) is 12.5. The largest absolute Gasteiger partial charge is 0.355 e. The highest BCUT2D eigenvalue weighted by Crippen LogP contribution is 2.27. The van der Waals surface area contributed by atoms with Gasteiger partial charge in [-0.3, -0.25) is 19.0 Å². The van der Waals surface area contributed by atoms with Gasteiger partial charge in [-0.1, -0.05) is 11.8 Å². The van der Waals surface area contributed by atoms with Crippen LogP contribution in [0, 0.1) is 13.8 Å². The minimum atomic E-state index is -0.458. The highest BCUT2D eigenvalue weighted by molar-refractivity contribution is 8.00. The monoisotopic (exact) mass is 389 g/mol. The van der Waals surface area contributed by atoms with E-state index in [1.807, 2.05) is 5.38 Å². The lowest BCUT2D eigenvalue weighted by molar-refractivity contribution is 0.0988. The summed E-state index contributed by atoms with van der Waals surface area (Å²) in [5.41, 5.74) is 2.90. The second kappa shape index (κ2) is 6.85. The smallest absolute Gasteiger partial charge is 0.271 e. The Bertz CT molecular complexity index is 1090. The fraction of sp³-hybridized carbons (Fsp3) is 0.333. The molecule has 0 saturated carbocycles. The summed E-state index contributed by atoms with van der Waals surface area (Å²) >= 11 is 2.60. The third-order valence-corrected chi connectivity index (χ3v) is 6.37. The van der Waals surface area contributed by atoms with E-state index in [1.54, 1.807) is 33.9 Å². The van der Waals surface area contributed by atoms with Crippen LogP contribution in [0.2, 0.25) is 0 Å². The van der Waals surface area contributed by atoms with E-state index in [-0.39, 0.29) is 17.1 Å². The van der Waals surface area contributed by atoms with Crippen molar-refractivity contribution >= 4 is 44.9 Å². The average molecular weight is 390 g/mol. The number of carbonyl (C=O) groups is 2. The first-order valence-electron chi connectivity index (χ1n) is 8.07. The minimum absolute atomic E-state index is 0.0671. The first kappa shape index (κ1) is 18.6. The predicted molar refractivity (Wildman–Crippen MR) is 105 cm³/mol. The number of nitrogens with one attached hydrogen (secondary N) is 1. The van der Waals surface area contributed by atoms with Crippen molar-refractivity contribution in [2.75, 3.05) is 0 Å². The van der Waals surface area contributed by atoms with Crippen LogP contribution in [0.15, 0.2) is 21.4 Å². The van der Waals surface area contributed by atoms with Crippen molar-refractivity contribution in [1.82, 2.24) is 14.5 Å². The van der Waals surface area contributed by atoms with Crippen molar-refractivity contribution in [3.8, 4) is 0 Å². The van der Waals surface area contributed by atoms with Gasteiger partial charge in [0, 0.05) is 18.3 Å². The molecule has 1 atom stereocenters. The van der Waals surface area contributed by atoms with E-state index in [4.69, 9.17) is 0 Å². The predicted octanol–water partition coefficient (Wildman–Crippen LogP) is 3.51. The van der Waals surface area contributed by atoms with Crippen LogP contribution in [0.3, 0.4) is 0 Å². The third kappa shape index (κ3) is 3.03. The van der Waals surface area contributed by atoms with Crippen molar-refractivity contribution in [2.24, 2.45) is 7.05 Å². The van der Waals surface area contributed by atoms with Crippen LogP contribution >= 0.6 is 23.1 Å². The number of ketones is 2. The molecule has 0 aliphatic heterocycles. The maximum absolute atomic E-state index is 12.9. The van der Waals surface area contributed by atoms with Crippen LogP contribution < -0.4 is 5.56 Å². The van der Waals surface area contributed by atoms with Gasteiger partial charge in [0.15, 0.2) is 16.7 Å². The van der Waals surface area contributed by atoms with Crippen molar-refractivity contribution in [2.45, 2.75) is 38.1 Å². The summed E-state index contributed by atoms with van der Waals surface area (Å²) in [6.07, 6.45) is 0.